The number of benzene rings is 2. The van der Waals surface area contributed by atoms with Gasteiger partial charge >= 0.3 is 0 Å². The minimum Gasteiger partial charge on any atom is -0.338 e. The summed E-state index contributed by atoms with van der Waals surface area (Å²) in [5, 5.41) is 0.796. The lowest BCUT2D eigenvalue weighted by Gasteiger charge is -2.22. The second-order valence-electron chi connectivity index (χ2n) is 8.07. The van der Waals surface area contributed by atoms with Gasteiger partial charge in [-0.1, -0.05) is 23.5 Å². The summed E-state index contributed by atoms with van der Waals surface area (Å²) in [4.78, 5) is 21.4. The number of aryl methyl sites for hydroxylation is 3. The standard InChI is InChI=1S/C23H27N3OS/c1-16-8-11-20-21(14-16)28-23(24-20)26(13-12-25(2)3)22(27)19-10-9-17-6-4-5-7-18(17)15-19/h8-11,14-15H,4-7,12-13H2,1-3H3/p+1. The fraction of sp³-hybridized carbons (Fsp3) is 0.391. The summed E-state index contributed by atoms with van der Waals surface area (Å²) in [6.45, 7) is 3.63. The predicted octanol–water partition coefficient (Wildman–Crippen LogP) is 3.27. The minimum absolute atomic E-state index is 0.0606. The molecule has 0 saturated carbocycles. The van der Waals surface area contributed by atoms with Crippen molar-refractivity contribution < 1.29 is 9.69 Å². The molecule has 0 spiro atoms. The highest BCUT2D eigenvalue weighted by Crippen LogP contribution is 2.31. The van der Waals surface area contributed by atoms with Crippen LogP contribution in [0.4, 0.5) is 5.13 Å². The number of aromatic nitrogens is 1. The number of hydrogen-bond acceptors (Lipinski definition) is 3. The Balaban J connectivity index is 1.69. The number of nitrogens with one attached hydrogen (secondary N) is 1. The molecule has 0 unspecified atom stereocenters. The molecule has 1 N–H and O–H groups in total. The minimum atomic E-state index is 0.0606. The molecule has 0 saturated heterocycles. The first-order chi connectivity index (χ1) is 13.5. The van der Waals surface area contributed by atoms with Gasteiger partial charge in [-0.3, -0.25) is 9.69 Å². The molecule has 0 atom stereocenters. The zero-order valence-electron chi connectivity index (χ0n) is 16.9. The highest BCUT2D eigenvalue weighted by atomic mass is 32.1. The van der Waals surface area contributed by atoms with E-state index in [1.807, 2.05) is 17.0 Å². The molecule has 0 aliphatic heterocycles. The first-order valence-corrected chi connectivity index (χ1v) is 10.9. The van der Waals surface area contributed by atoms with Crippen molar-refractivity contribution in [3.05, 3.63) is 58.7 Å². The summed E-state index contributed by atoms with van der Waals surface area (Å²) in [5.41, 5.74) is 5.71. The second-order valence-corrected chi connectivity index (χ2v) is 9.08. The molecule has 5 heteroatoms. The van der Waals surface area contributed by atoms with Gasteiger partial charge in [0.1, 0.15) is 0 Å². The number of quaternary nitrogens is 1. The fourth-order valence-corrected chi connectivity index (χ4v) is 4.87. The summed E-state index contributed by atoms with van der Waals surface area (Å²) in [7, 11) is 4.23. The van der Waals surface area contributed by atoms with Crippen LogP contribution in [-0.2, 0) is 12.8 Å². The molecule has 4 nitrogen and oxygen atoms in total. The summed E-state index contributed by atoms with van der Waals surface area (Å²) in [6.07, 6.45) is 4.69. The molecule has 1 aromatic heterocycles. The number of fused-ring (bicyclic) bond motifs is 2. The van der Waals surface area contributed by atoms with Crippen LogP contribution in [0.1, 0.15) is 39.9 Å². The third-order valence-electron chi connectivity index (χ3n) is 5.44. The van der Waals surface area contributed by atoms with E-state index in [4.69, 9.17) is 4.98 Å². The van der Waals surface area contributed by atoms with E-state index in [0.717, 1.165) is 40.3 Å². The molecule has 28 heavy (non-hydrogen) atoms. The monoisotopic (exact) mass is 394 g/mol. The SMILES string of the molecule is Cc1ccc2nc(N(CC[NH+](C)C)C(=O)c3ccc4c(c3)CCCC4)sc2c1. The Morgan fingerprint density at radius 1 is 1.11 bits per heavy atom. The van der Waals surface area contributed by atoms with Gasteiger partial charge < -0.3 is 4.90 Å². The van der Waals surface area contributed by atoms with Crippen LogP contribution in [0.5, 0.6) is 0 Å². The van der Waals surface area contributed by atoms with Gasteiger partial charge in [-0.15, -0.1) is 0 Å². The van der Waals surface area contributed by atoms with E-state index in [2.05, 4.69) is 45.3 Å². The smallest absolute Gasteiger partial charge is 0.260 e. The van der Waals surface area contributed by atoms with Crippen molar-refractivity contribution in [2.45, 2.75) is 32.6 Å². The number of hydrogen-bond donors (Lipinski definition) is 1. The number of anilines is 1. The van der Waals surface area contributed by atoms with Gasteiger partial charge in [0, 0.05) is 5.56 Å². The topological polar surface area (TPSA) is 37.6 Å². The Labute approximate surface area is 170 Å². The summed E-state index contributed by atoms with van der Waals surface area (Å²) < 4.78 is 1.13. The van der Waals surface area contributed by atoms with Crippen molar-refractivity contribution in [2.24, 2.45) is 0 Å². The van der Waals surface area contributed by atoms with E-state index in [9.17, 15) is 4.79 Å². The lowest BCUT2D eigenvalue weighted by molar-refractivity contribution is -0.856. The van der Waals surface area contributed by atoms with Crippen LogP contribution >= 0.6 is 11.3 Å². The molecule has 2 aromatic carbocycles. The van der Waals surface area contributed by atoms with Crippen LogP contribution in [0.25, 0.3) is 10.2 Å². The van der Waals surface area contributed by atoms with E-state index in [1.165, 1.54) is 34.4 Å². The van der Waals surface area contributed by atoms with Crippen molar-refractivity contribution in [3.8, 4) is 0 Å². The van der Waals surface area contributed by atoms with E-state index in [-0.39, 0.29) is 5.91 Å². The molecule has 1 heterocycles. The molecular weight excluding hydrogens is 366 g/mol. The molecular formula is C23H28N3OS+. The van der Waals surface area contributed by atoms with Crippen LogP contribution in [0, 0.1) is 6.92 Å². The van der Waals surface area contributed by atoms with Gasteiger partial charge in [0.05, 0.1) is 37.4 Å². The average molecular weight is 395 g/mol. The fourth-order valence-electron chi connectivity index (χ4n) is 3.78. The maximum absolute atomic E-state index is 13.5. The highest BCUT2D eigenvalue weighted by molar-refractivity contribution is 7.22. The van der Waals surface area contributed by atoms with Crippen LogP contribution in [0.3, 0.4) is 0 Å². The van der Waals surface area contributed by atoms with E-state index >= 15 is 0 Å². The van der Waals surface area contributed by atoms with Crippen LogP contribution in [0.2, 0.25) is 0 Å². The first-order valence-electron chi connectivity index (χ1n) is 10.1. The number of rotatable bonds is 5. The number of amides is 1. The number of carbonyl (C=O) groups is 1. The Morgan fingerprint density at radius 2 is 1.89 bits per heavy atom. The Bertz CT molecular complexity index is 1010. The van der Waals surface area contributed by atoms with Crippen molar-refractivity contribution in [1.82, 2.24) is 4.98 Å². The third kappa shape index (κ3) is 3.96. The maximum Gasteiger partial charge on any atom is 0.260 e. The number of likely N-dealkylation sites (N-methyl/N-ethyl adjacent to an activating group) is 1. The predicted molar refractivity (Wildman–Crippen MR) is 117 cm³/mol. The van der Waals surface area contributed by atoms with Gasteiger partial charge in [0.2, 0.25) is 0 Å². The second kappa shape index (κ2) is 8.02. The van der Waals surface area contributed by atoms with Crippen LogP contribution in [-0.4, -0.2) is 38.1 Å². The average Bonchev–Trinajstić information content (AvgIpc) is 3.10. The van der Waals surface area contributed by atoms with Crippen LogP contribution < -0.4 is 9.80 Å². The number of nitrogens with zero attached hydrogens (tertiary/aromatic N) is 2. The lowest BCUT2D eigenvalue weighted by Crippen LogP contribution is -3.06. The van der Waals surface area contributed by atoms with E-state index in [0.29, 0.717) is 6.54 Å². The zero-order valence-corrected chi connectivity index (χ0v) is 17.7. The van der Waals surface area contributed by atoms with Crippen molar-refractivity contribution in [2.75, 3.05) is 32.1 Å². The molecule has 0 bridgehead atoms. The molecule has 0 radical (unpaired) electrons. The Hall–Kier alpha value is -2.24. The zero-order chi connectivity index (χ0) is 19.7. The maximum atomic E-state index is 13.5. The molecule has 3 aromatic rings. The molecule has 0 fully saturated rings. The molecule has 1 aliphatic rings. The highest BCUT2D eigenvalue weighted by Gasteiger charge is 2.23. The van der Waals surface area contributed by atoms with Gasteiger partial charge in [-0.05, 0) is 73.6 Å². The summed E-state index contributed by atoms with van der Waals surface area (Å²) in [5.74, 6) is 0.0606. The quantitative estimate of drug-likeness (QED) is 0.721. The van der Waals surface area contributed by atoms with Gasteiger partial charge in [-0.2, -0.15) is 0 Å². The van der Waals surface area contributed by atoms with Gasteiger partial charge in [-0.25, -0.2) is 4.98 Å². The Morgan fingerprint density at radius 3 is 2.68 bits per heavy atom. The Kier molecular flexibility index (Phi) is 5.47. The lowest BCUT2D eigenvalue weighted by atomic mass is 9.90. The third-order valence-corrected chi connectivity index (χ3v) is 6.48. The van der Waals surface area contributed by atoms with Crippen molar-refractivity contribution in [1.29, 1.82) is 0 Å². The van der Waals surface area contributed by atoms with Crippen molar-refractivity contribution >= 4 is 32.6 Å². The van der Waals surface area contributed by atoms with Crippen molar-refractivity contribution in [3.63, 3.8) is 0 Å². The van der Waals surface area contributed by atoms with Gasteiger partial charge in [0.15, 0.2) is 5.13 Å². The number of carbonyl (C=O) groups excluding carboxylic acids is 1. The number of thiazole rings is 1. The summed E-state index contributed by atoms with van der Waals surface area (Å²) >= 11 is 1.61. The van der Waals surface area contributed by atoms with Gasteiger partial charge in [0.25, 0.3) is 5.91 Å². The normalized spacial score (nSPS) is 13.7. The van der Waals surface area contributed by atoms with E-state index in [1.54, 1.807) is 11.3 Å². The summed E-state index contributed by atoms with van der Waals surface area (Å²) in [6, 6.07) is 12.5. The van der Waals surface area contributed by atoms with E-state index < -0.39 is 0 Å². The molecule has 146 valence electrons. The first kappa shape index (κ1) is 19.1. The molecule has 1 aliphatic carbocycles. The largest absolute Gasteiger partial charge is 0.338 e. The molecule has 4 rings (SSSR count). The molecule has 1 amide bonds. The van der Waals surface area contributed by atoms with Crippen LogP contribution in [0.15, 0.2) is 36.4 Å².